The topological polar surface area (TPSA) is 67.2 Å². The zero-order valence-electron chi connectivity index (χ0n) is 14.6. The molecule has 0 saturated carbocycles. The van der Waals surface area contributed by atoms with Crippen LogP contribution in [0.25, 0.3) is 0 Å². The van der Waals surface area contributed by atoms with E-state index in [-0.39, 0.29) is 11.8 Å². The summed E-state index contributed by atoms with van der Waals surface area (Å²) in [5.74, 6) is 0.342. The number of aromatic nitrogens is 2. The molecule has 2 amide bonds. The second kappa shape index (κ2) is 7.82. The lowest BCUT2D eigenvalue weighted by Crippen LogP contribution is -2.47. The fraction of sp³-hybridized carbons (Fsp3) is 0.500. The van der Waals surface area contributed by atoms with Gasteiger partial charge in [0.15, 0.2) is 0 Å². The van der Waals surface area contributed by atoms with Crippen molar-refractivity contribution in [2.24, 2.45) is 5.92 Å². The van der Waals surface area contributed by atoms with Crippen LogP contribution in [0.5, 0.6) is 0 Å². The molecule has 0 saturated heterocycles. The maximum atomic E-state index is 12.7. The van der Waals surface area contributed by atoms with E-state index in [0.717, 1.165) is 12.1 Å². The molecule has 7 heteroatoms. The first-order valence-corrected chi connectivity index (χ1v) is 9.51. The molecule has 25 heavy (non-hydrogen) atoms. The summed E-state index contributed by atoms with van der Waals surface area (Å²) >= 11 is 1.69. The Labute approximate surface area is 151 Å². The van der Waals surface area contributed by atoms with Gasteiger partial charge in [-0.05, 0) is 23.8 Å². The van der Waals surface area contributed by atoms with Gasteiger partial charge in [-0.25, -0.2) is 4.98 Å². The Balaban J connectivity index is 1.64. The summed E-state index contributed by atoms with van der Waals surface area (Å²) in [6.07, 6.45) is 4.74. The first-order chi connectivity index (χ1) is 12.0. The first-order valence-electron chi connectivity index (χ1n) is 8.63. The Bertz CT molecular complexity index is 723. The highest BCUT2D eigenvalue weighted by molar-refractivity contribution is 7.09. The number of hydrogen-bond acceptors (Lipinski definition) is 4. The zero-order valence-corrected chi connectivity index (χ0v) is 15.5. The summed E-state index contributed by atoms with van der Waals surface area (Å²) in [5.41, 5.74) is 0.904. The van der Waals surface area contributed by atoms with E-state index in [0.29, 0.717) is 32.0 Å². The van der Waals surface area contributed by atoms with Crippen LogP contribution in [0.4, 0.5) is 0 Å². The van der Waals surface area contributed by atoms with E-state index in [4.69, 9.17) is 0 Å². The number of hydrogen-bond donors (Lipinski definition) is 1. The maximum Gasteiger partial charge on any atom is 0.244 e. The molecule has 3 rings (SSSR count). The summed E-state index contributed by atoms with van der Waals surface area (Å²) in [6.45, 7) is 5.58. The first kappa shape index (κ1) is 17.7. The summed E-state index contributed by atoms with van der Waals surface area (Å²) < 4.78 is 1.89. The number of imidazole rings is 1. The molecule has 3 heterocycles. The van der Waals surface area contributed by atoms with E-state index < -0.39 is 6.04 Å². The predicted octanol–water partition coefficient (Wildman–Crippen LogP) is 2.23. The molecule has 0 unspecified atom stereocenters. The molecule has 0 spiro atoms. The lowest BCUT2D eigenvalue weighted by Gasteiger charge is -2.34. The molecule has 1 atom stereocenters. The Morgan fingerprint density at radius 3 is 3.00 bits per heavy atom. The van der Waals surface area contributed by atoms with Gasteiger partial charge in [0.2, 0.25) is 11.8 Å². The number of nitrogens with zero attached hydrogens (tertiary/aromatic N) is 3. The lowest BCUT2D eigenvalue weighted by molar-refractivity contribution is -0.136. The minimum atomic E-state index is -0.411. The molecule has 0 bridgehead atoms. The van der Waals surface area contributed by atoms with Gasteiger partial charge in [-0.15, -0.1) is 11.3 Å². The monoisotopic (exact) mass is 360 g/mol. The molecular weight excluding hydrogens is 336 g/mol. The SMILES string of the molecule is CC(C)CC(=O)N1Cc2cncn2[C@H](C(=O)NCCc2cccs2)C1. The van der Waals surface area contributed by atoms with E-state index in [2.05, 4.69) is 16.4 Å². The van der Waals surface area contributed by atoms with Crippen LogP contribution >= 0.6 is 11.3 Å². The number of nitrogens with one attached hydrogen (secondary N) is 1. The van der Waals surface area contributed by atoms with Gasteiger partial charge in [-0.2, -0.15) is 0 Å². The molecule has 2 aromatic rings. The van der Waals surface area contributed by atoms with Crippen molar-refractivity contribution in [1.82, 2.24) is 19.8 Å². The van der Waals surface area contributed by atoms with Crippen LogP contribution in [0.1, 0.15) is 36.9 Å². The van der Waals surface area contributed by atoms with Gasteiger partial charge in [0.05, 0.1) is 25.1 Å². The van der Waals surface area contributed by atoms with Crippen molar-refractivity contribution in [2.45, 2.75) is 39.3 Å². The zero-order chi connectivity index (χ0) is 17.8. The third kappa shape index (κ3) is 4.28. The lowest BCUT2D eigenvalue weighted by atomic mass is 10.1. The van der Waals surface area contributed by atoms with E-state index in [9.17, 15) is 9.59 Å². The molecule has 0 aromatic carbocycles. The van der Waals surface area contributed by atoms with Gasteiger partial charge in [-0.3, -0.25) is 9.59 Å². The summed E-state index contributed by atoms with van der Waals surface area (Å²) in [7, 11) is 0. The van der Waals surface area contributed by atoms with Crippen LogP contribution in [0.2, 0.25) is 0 Å². The number of thiophene rings is 1. The van der Waals surface area contributed by atoms with Crippen LogP contribution in [0.3, 0.4) is 0 Å². The second-order valence-electron chi connectivity index (χ2n) is 6.80. The molecule has 1 aliphatic rings. The van der Waals surface area contributed by atoms with E-state index >= 15 is 0 Å². The standard InChI is InChI=1S/C18H24N4O2S/c1-13(2)8-17(23)21-10-14-9-19-12-22(14)16(11-21)18(24)20-6-5-15-4-3-7-25-15/h3-4,7,9,12-13,16H,5-6,8,10-11H2,1-2H3,(H,20,24)/t16-/m0/s1. The Morgan fingerprint density at radius 1 is 1.44 bits per heavy atom. The van der Waals surface area contributed by atoms with Crippen molar-refractivity contribution < 1.29 is 9.59 Å². The van der Waals surface area contributed by atoms with Gasteiger partial charge >= 0.3 is 0 Å². The average molecular weight is 360 g/mol. The van der Waals surface area contributed by atoms with Crippen molar-refractivity contribution in [3.05, 3.63) is 40.6 Å². The van der Waals surface area contributed by atoms with Crippen LogP contribution < -0.4 is 5.32 Å². The largest absolute Gasteiger partial charge is 0.354 e. The van der Waals surface area contributed by atoms with Crippen molar-refractivity contribution in [2.75, 3.05) is 13.1 Å². The van der Waals surface area contributed by atoms with Gasteiger partial charge in [-0.1, -0.05) is 19.9 Å². The van der Waals surface area contributed by atoms with E-state index in [1.807, 2.05) is 29.9 Å². The Morgan fingerprint density at radius 2 is 2.28 bits per heavy atom. The summed E-state index contributed by atoms with van der Waals surface area (Å²) in [6, 6.07) is 3.67. The van der Waals surface area contributed by atoms with Crippen molar-refractivity contribution in [3.8, 4) is 0 Å². The minimum Gasteiger partial charge on any atom is -0.354 e. The van der Waals surface area contributed by atoms with Crippen molar-refractivity contribution in [1.29, 1.82) is 0 Å². The molecule has 134 valence electrons. The van der Waals surface area contributed by atoms with Gasteiger partial charge in [0, 0.05) is 24.0 Å². The van der Waals surface area contributed by atoms with Crippen LogP contribution in [0, 0.1) is 5.92 Å². The predicted molar refractivity (Wildman–Crippen MR) is 97.2 cm³/mol. The van der Waals surface area contributed by atoms with Gasteiger partial charge in [0.25, 0.3) is 0 Å². The van der Waals surface area contributed by atoms with Crippen LogP contribution in [-0.2, 0) is 22.6 Å². The second-order valence-corrected chi connectivity index (χ2v) is 7.83. The van der Waals surface area contributed by atoms with Crippen molar-refractivity contribution in [3.63, 3.8) is 0 Å². The molecule has 1 N–H and O–H groups in total. The molecule has 0 fully saturated rings. The summed E-state index contributed by atoms with van der Waals surface area (Å²) in [5, 5.41) is 5.04. The van der Waals surface area contributed by atoms with Gasteiger partial charge in [0.1, 0.15) is 6.04 Å². The fourth-order valence-corrected chi connectivity index (χ4v) is 3.76. The highest BCUT2D eigenvalue weighted by atomic mass is 32.1. The average Bonchev–Trinajstić information content (AvgIpc) is 3.24. The van der Waals surface area contributed by atoms with Gasteiger partial charge < -0.3 is 14.8 Å². The number of amides is 2. The maximum absolute atomic E-state index is 12.7. The molecule has 6 nitrogen and oxygen atoms in total. The minimum absolute atomic E-state index is 0.0575. The molecular formula is C18H24N4O2S. The normalized spacial score (nSPS) is 16.8. The number of carbonyl (C=O) groups excluding carboxylic acids is 2. The molecule has 2 aromatic heterocycles. The fourth-order valence-electron chi connectivity index (χ4n) is 3.05. The Hall–Kier alpha value is -2.15. The molecule has 0 radical (unpaired) electrons. The smallest absolute Gasteiger partial charge is 0.244 e. The third-order valence-electron chi connectivity index (χ3n) is 4.32. The highest BCUT2D eigenvalue weighted by Gasteiger charge is 2.32. The van der Waals surface area contributed by atoms with Crippen molar-refractivity contribution >= 4 is 23.2 Å². The number of rotatable bonds is 6. The number of carbonyl (C=O) groups is 2. The quantitative estimate of drug-likeness (QED) is 0.859. The van der Waals surface area contributed by atoms with E-state index in [1.165, 1.54) is 4.88 Å². The van der Waals surface area contributed by atoms with Crippen LogP contribution in [0.15, 0.2) is 30.0 Å². The molecule has 1 aliphatic heterocycles. The summed E-state index contributed by atoms with van der Waals surface area (Å²) in [4.78, 5) is 32.3. The van der Waals surface area contributed by atoms with E-state index in [1.54, 1.807) is 28.8 Å². The Kier molecular flexibility index (Phi) is 5.53. The van der Waals surface area contributed by atoms with Crippen LogP contribution in [-0.4, -0.2) is 39.4 Å². The number of fused-ring (bicyclic) bond motifs is 1. The molecule has 0 aliphatic carbocycles. The highest BCUT2D eigenvalue weighted by Crippen LogP contribution is 2.22. The third-order valence-corrected chi connectivity index (χ3v) is 5.25.